The van der Waals surface area contributed by atoms with Crippen LogP contribution in [0.2, 0.25) is 0 Å². The maximum atomic E-state index is 4.83. The van der Waals surface area contributed by atoms with E-state index in [9.17, 15) is 0 Å². The molecule has 0 aromatic carbocycles. The molecule has 0 fully saturated rings. The number of aryl methyl sites for hydroxylation is 2. The summed E-state index contributed by atoms with van der Waals surface area (Å²) in [6, 6.07) is 3.79. The summed E-state index contributed by atoms with van der Waals surface area (Å²) in [7, 11) is 0. The molecule has 3 heteroatoms. The van der Waals surface area contributed by atoms with Gasteiger partial charge in [-0.3, -0.25) is 0 Å². The Morgan fingerprint density at radius 1 is 1.12 bits per heavy atom. The largest absolute Gasteiger partial charge is 0.470 e. The maximum absolute atomic E-state index is 4.83. The summed E-state index contributed by atoms with van der Waals surface area (Å²) in [5.41, 5.74) is 1.10. The topological polar surface area (TPSA) is 38.9 Å². The highest BCUT2D eigenvalue weighted by Crippen LogP contribution is 1.93. The van der Waals surface area contributed by atoms with Crippen molar-refractivity contribution in [3.05, 3.63) is 48.4 Å². The van der Waals surface area contributed by atoms with Crippen molar-refractivity contribution < 1.29 is 4.42 Å². The van der Waals surface area contributed by atoms with Crippen molar-refractivity contribution in [2.75, 3.05) is 0 Å². The molecule has 3 nitrogen and oxygen atoms in total. The highest BCUT2D eigenvalue weighted by Gasteiger charge is 1.76. The van der Waals surface area contributed by atoms with Gasteiger partial charge in [-0.1, -0.05) is 20.3 Å². The minimum absolute atomic E-state index is 0.968. The van der Waals surface area contributed by atoms with Crippen LogP contribution in [0.25, 0.3) is 0 Å². The van der Waals surface area contributed by atoms with E-state index in [0.29, 0.717) is 0 Å². The van der Waals surface area contributed by atoms with E-state index in [1.54, 1.807) is 18.7 Å². The van der Waals surface area contributed by atoms with Crippen molar-refractivity contribution in [1.29, 1.82) is 0 Å². The van der Waals surface area contributed by atoms with Crippen LogP contribution >= 0.6 is 0 Å². The van der Waals surface area contributed by atoms with Crippen LogP contribution in [0.3, 0.4) is 0 Å². The van der Waals surface area contributed by atoms with Gasteiger partial charge >= 0.3 is 0 Å². The third-order valence-corrected chi connectivity index (χ3v) is 1.35. The molecule has 88 valence electrons. The van der Waals surface area contributed by atoms with Gasteiger partial charge in [-0.15, -0.1) is 0 Å². The van der Waals surface area contributed by atoms with E-state index in [1.165, 1.54) is 12.7 Å². The Kier molecular flexibility index (Phi) is 8.88. The van der Waals surface area contributed by atoms with Crippen molar-refractivity contribution in [3.63, 3.8) is 0 Å². The zero-order chi connectivity index (χ0) is 12.2. The monoisotopic (exact) mass is 220 g/mol. The summed E-state index contributed by atoms with van der Waals surface area (Å²) in [5, 5.41) is 0. The van der Waals surface area contributed by atoms with Crippen LogP contribution in [0.4, 0.5) is 0 Å². The predicted octanol–water partition coefficient (Wildman–Crippen LogP) is 3.79. The standard InChI is InChI=1S/C5H6N2.C5H6O.C3H8/c1-5-2-6-4-7-3-5;1-5-3-2-4-6-5;1-3-2/h2-4H,1H3;2-4H,1H3;3H2,1-2H3. The van der Waals surface area contributed by atoms with Gasteiger partial charge in [0, 0.05) is 12.4 Å². The van der Waals surface area contributed by atoms with Crippen LogP contribution in [0, 0.1) is 13.8 Å². The summed E-state index contributed by atoms with van der Waals surface area (Å²) in [5.74, 6) is 0.968. The lowest BCUT2D eigenvalue weighted by molar-refractivity contribution is 0.534. The molecule has 2 heterocycles. The Hall–Kier alpha value is -1.64. The lowest BCUT2D eigenvalue weighted by Gasteiger charge is -1.81. The second kappa shape index (κ2) is 9.90. The Balaban J connectivity index is 0.000000230. The van der Waals surface area contributed by atoms with E-state index < -0.39 is 0 Å². The molecule has 0 atom stereocenters. The minimum atomic E-state index is 0.968. The predicted molar refractivity (Wildman–Crippen MR) is 66.2 cm³/mol. The van der Waals surface area contributed by atoms with Crippen LogP contribution in [0.15, 0.2) is 41.5 Å². The fourth-order valence-electron chi connectivity index (χ4n) is 0.734. The molecule has 0 spiro atoms. The molecule has 0 radical (unpaired) electrons. The molecule has 2 aromatic heterocycles. The lowest BCUT2D eigenvalue weighted by Crippen LogP contribution is -1.75. The van der Waals surface area contributed by atoms with Crippen LogP contribution in [-0.2, 0) is 0 Å². The Labute approximate surface area is 97.6 Å². The van der Waals surface area contributed by atoms with Crippen LogP contribution in [0.5, 0.6) is 0 Å². The molecule has 0 aliphatic carbocycles. The average Bonchev–Trinajstić information content (AvgIpc) is 2.72. The van der Waals surface area contributed by atoms with Gasteiger partial charge in [-0.25, -0.2) is 9.97 Å². The third kappa shape index (κ3) is 8.94. The Morgan fingerprint density at radius 2 is 1.69 bits per heavy atom. The zero-order valence-corrected chi connectivity index (χ0v) is 10.5. The molecular weight excluding hydrogens is 200 g/mol. The first-order chi connectivity index (χ1) is 7.70. The maximum Gasteiger partial charge on any atom is 0.115 e. The zero-order valence-electron chi connectivity index (χ0n) is 10.5. The highest BCUT2D eigenvalue weighted by molar-refractivity contribution is 4.97. The van der Waals surface area contributed by atoms with E-state index in [-0.39, 0.29) is 0 Å². The second-order valence-corrected chi connectivity index (χ2v) is 3.35. The summed E-state index contributed by atoms with van der Waals surface area (Å²) >= 11 is 0. The van der Waals surface area contributed by atoms with Crippen LogP contribution in [-0.4, -0.2) is 9.97 Å². The van der Waals surface area contributed by atoms with E-state index in [0.717, 1.165) is 11.3 Å². The molecule has 2 aromatic rings. The van der Waals surface area contributed by atoms with E-state index in [4.69, 9.17) is 4.42 Å². The van der Waals surface area contributed by atoms with Gasteiger partial charge in [-0.05, 0) is 31.5 Å². The van der Waals surface area contributed by atoms with E-state index >= 15 is 0 Å². The number of hydrogen-bond donors (Lipinski definition) is 0. The Bertz CT molecular complexity index is 330. The summed E-state index contributed by atoms with van der Waals surface area (Å²) in [6.07, 6.45) is 7.97. The van der Waals surface area contributed by atoms with Gasteiger partial charge in [0.1, 0.15) is 12.1 Å². The van der Waals surface area contributed by atoms with Gasteiger partial charge in [0.05, 0.1) is 6.26 Å². The molecular formula is C13H20N2O. The Morgan fingerprint density at radius 3 is 1.88 bits per heavy atom. The quantitative estimate of drug-likeness (QED) is 0.678. The SMILES string of the molecule is CCC.Cc1ccco1.Cc1cncnc1. The molecule has 0 N–H and O–H groups in total. The van der Waals surface area contributed by atoms with Gasteiger partial charge in [0.2, 0.25) is 0 Å². The molecule has 2 rings (SSSR count). The number of hydrogen-bond acceptors (Lipinski definition) is 3. The summed E-state index contributed by atoms with van der Waals surface area (Å²) < 4.78 is 4.83. The van der Waals surface area contributed by atoms with Crippen molar-refractivity contribution in [3.8, 4) is 0 Å². The molecule has 0 unspecified atom stereocenters. The fourth-order valence-corrected chi connectivity index (χ4v) is 0.734. The second-order valence-electron chi connectivity index (χ2n) is 3.35. The molecule has 0 aliphatic heterocycles. The molecule has 0 bridgehead atoms. The van der Waals surface area contributed by atoms with Crippen molar-refractivity contribution in [2.24, 2.45) is 0 Å². The van der Waals surface area contributed by atoms with Gasteiger partial charge in [-0.2, -0.15) is 0 Å². The van der Waals surface area contributed by atoms with Crippen LogP contribution in [0.1, 0.15) is 31.6 Å². The van der Waals surface area contributed by atoms with E-state index in [2.05, 4.69) is 23.8 Å². The highest BCUT2D eigenvalue weighted by atomic mass is 16.3. The number of rotatable bonds is 0. The average molecular weight is 220 g/mol. The first kappa shape index (κ1) is 14.4. The molecule has 0 saturated heterocycles. The third-order valence-electron chi connectivity index (χ3n) is 1.35. The molecule has 0 aliphatic rings. The fraction of sp³-hybridized carbons (Fsp3) is 0.385. The van der Waals surface area contributed by atoms with Crippen molar-refractivity contribution >= 4 is 0 Å². The van der Waals surface area contributed by atoms with Gasteiger partial charge in [0.25, 0.3) is 0 Å². The molecule has 0 saturated carbocycles. The lowest BCUT2D eigenvalue weighted by atomic mass is 10.4. The van der Waals surface area contributed by atoms with E-state index in [1.807, 2.05) is 26.0 Å². The van der Waals surface area contributed by atoms with Crippen molar-refractivity contribution in [1.82, 2.24) is 9.97 Å². The minimum Gasteiger partial charge on any atom is -0.470 e. The van der Waals surface area contributed by atoms with Crippen LogP contribution < -0.4 is 0 Å². The summed E-state index contributed by atoms with van der Waals surface area (Å²) in [6.45, 7) is 8.12. The number of nitrogens with zero attached hydrogens (tertiary/aromatic N) is 2. The number of aromatic nitrogens is 2. The summed E-state index contributed by atoms with van der Waals surface area (Å²) in [4.78, 5) is 7.55. The smallest absolute Gasteiger partial charge is 0.115 e. The number of furan rings is 1. The molecule has 0 amide bonds. The van der Waals surface area contributed by atoms with Gasteiger partial charge in [0.15, 0.2) is 0 Å². The van der Waals surface area contributed by atoms with Crippen molar-refractivity contribution in [2.45, 2.75) is 34.1 Å². The first-order valence-electron chi connectivity index (χ1n) is 5.42. The first-order valence-corrected chi connectivity index (χ1v) is 5.42. The van der Waals surface area contributed by atoms with Gasteiger partial charge < -0.3 is 4.42 Å². The molecule has 16 heavy (non-hydrogen) atoms. The normalized spacial score (nSPS) is 8.25.